The van der Waals surface area contributed by atoms with Crippen molar-refractivity contribution < 1.29 is 14.3 Å². The van der Waals surface area contributed by atoms with Gasteiger partial charge in [0.25, 0.3) is 0 Å². The number of guanidine groups is 1. The van der Waals surface area contributed by atoms with Crippen LogP contribution in [0.1, 0.15) is 12.0 Å². The fourth-order valence-electron chi connectivity index (χ4n) is 1.73. The number of nitrogens with two attached hydrogens (primary N) is 1. The zero-order chi connectivity index (χ0) is 16.5. The number of nitrogens with one attached hydrogen (secondary N) is 1. The van der Waals surface area contributed by atoms with Gasteiger partial charge in [0.1, 0.15) is 0 Å². The number of nitrogens with zero attached hydrogens (tertiary/aromatic N) is 2. The fraction of sp³-hybridized carbons (Fsp3) is 0.467. The average Bonchev–Trinajstić information content (AvgIpc) is 2.52. The number of halogens is 1. The average molecular weight is 436 g/mol. The molecule has 0 radical (unpaired) electrons. The summed E-state index contributed by atoms with van der Waals surface area (Å²) in [5.41, 5.74) is 6.72. The summed E-state index contributed by atoms with van der Waals surface area (Å²) in [7, 11) is 6.61. The van der Waals surface area contributed by atoms with Crippen LogP contribution in [0, 0.1) is 0 Å². The summed E-state index contributed by atoms with van der Waals surface area (Å²) in [6.45, 7) is 0.874. The highest BCUT2D eigenvalue weighted by Gasteiger charge is 2.05. The van der Waals surface area contributed by atoms with Crippen LogP contribution >= 0.6 is 24.0 Å². The molecule has 0 saturated carbocycles. The van der Waals surface area contributed by atoms with Crippen molar-refractivity contribution in [2.45, 2.75) is 13.0 Å². The number of rotatable bonds is 7. The van der Waals surface area contributed by atoms with E-state index in [0.29, 0.717) is 37.0 Å². The van der Waals surface area contributed by atoms with E-state index in [0.717, 1.165) is 5.56 Å². The number of carbonyl (C=O) groups excluding carboxylic acids is 1. The van der Waals surface area contributed by atoms with E-state index in [1.165, 1.54) is 0 Å². The number of hydrogen-bond donors (Lipinski definition) is 2. The first kappa shape index (κ1) is 21.3. The molecule has 3 N–H and O–H groups in total. The zero-order valence-corrected chi connectivity index (χ0v) is 16.3. The molecule has 0 heterocycles. The third kappa shape index (κ3) is 7.40. The molecule has 0 unspecified atom stereocenters. The Balaban J connectivity index is 0.00000484. The highest BCUT2D eigenvalue weighted by molar-refractivity contribution is 14.0. The first-order valence-electron chi connectivity index (χ1n) is 6.92. The van der Waals surface area contributed by atoms with E-state index in [4.69, 9.17) is 15.2 Å². The molecule has 0 aromatic heterocycles. The lowest BCUT2D eigenvalue weighted by molar-refractivity contribution is -0.128. The van der Waals surface area contributed by atoms with E-state index >= 15 is 0 Å². The molecule has 0 aliphatic rings. The number of ether oxygens (including phenoxy) is 2. The molecule has 0 aliphatic heterocycles. The van der Waals surface area contributed by atoms with E-state index in [2.05, 4.69) is 10.3 Å². The summed E-state index contributed by atoms with van der Waals surface area (Å²) < 4.78 is 10.4. The summed E-state index contributed by atoms with van der Waals surface area (Å²) in [6.07, 6.45) is 0.375. The van der Waals surface area contributed by atoms with E-state index in [1.54, 1.807) is 33.2 Å². The molecule has 1 amide bonds. The van der Waals surface area contributed by atoms with Gasteiger partial charge in [-0.2, -0.15) is 0 Å². The minimum atomic E-state index is 0. The summed E-state index contributed by atoms with van der Waals surface area (Å²) in [6, 6.07) is 5.57. The van der Waals surface area contributed by atoms with Crippen molar-refractivity contribution in [3.05, 3.63) is 23.8 Å². The van der Waals surface area contributed by atoms with Gasteiger partial charge in [-0.25, -0.2) is 4.99 Å². The largest absolute Gasteiger partial charge is 0.493 e. The highest BCUT2D eigenvalue weighted by atomic mass is 127. The van der Waals surface area contributed by atoms with E-state index in [-0.39, 0.29) is 29.9 Å². The van der Waals surface area contributed by atoms with E-state index in [1.807, 2.05) is 18.2 Å². The topological polar surface area (TPSA) is 89.2 Å². The Bertz CT molecular complexity index is 535. The third-order valence-corrected chi connectivity index (χ3v) is 3.02. The molecule has 0 fully saturated rings. The van der Waals surface area contributed by atoms with Crippen LogP contribution in [0.5, 0.6) is 11.5 Å². The SMILES string of the molecule is COc1ccc(CN=C(N)NCCC(=O)N(C)C)cc1OC.I. The van der Waals surface area contributed by atoms with Gasteiger partial charge in [-0.1, -0.05) is 6.07 Å². The number of amides is 1. The quantitative estimate of drug-likeness (QED) is 0.381. The van der Waals surface area contributed by atoms with Crippen LogP contribution in [-0.2, 0) is 11.3 Å². The van der Waals surface area contributed by atoms with Crippen LogP contribution in [-0.4, -0.2) is 51.6 Å². The van der Waals surface area contributed by atoms with Gasteiger partial charge in [0.15, 0.2) is 17.5 Å². The molecule has 8 heteroatoms. The van der Waals surface area contributed by atoms with Crippen LogP contribution in [0.3, 0.4) is 0 Å². The predicted molar refractivity (Wildman–Crippen MR) is 102 cm³/mol. The van der Waals surface area contributed by atoms with Crippen LogP contribution in [0.4, 0.5) is 0 Å². The number of methoxy groups -OCH3 is 2. The second-order valence-electron chi connectivity index (χ2n) is 4.86. The molecule has 0 atom stereocenters. The minimum Gasteiger partial charge on any atom is -0.493 e. The molecule has 1 aromatic carbocycles. The molecule has 1 aromatic rings. The second kappa shape index (κ2) is 10.9. The Hall–Kier alpha value is -1.71. The fourth-order valence-corrected chi connectivity index (χ4v) is 1.73. The molecule has 130 valence electrons. The molecule has 1 rings (SSSR count). The number of hydrogen-bond acceptors (Lipinski definition) is 4. The third-order valence-electron chi connectivity index (χ3n) is 3.02. The van der Waals surface area contributed by atoms with Gasteiger partial charge in [-0.3, -0.25) is 4.79 Å². The number of carbonyl (C=O) groups is 1. The lowest BCUT2D eigenvalue weighted by Crippen LogP contribution is -2.35. The summed E-state index contributed by atoms with van der Waals surface area (Å²) in [5, 5.41) is 2.91. The molecular formula is C15H25IN4O3. The number of benzene rings is 1. The Morgan fingerprint density at radius 1 is 1.26 bits per heavy atom. The van der Waals surface area contributed by atoms with Crippen molar-refractivity contribution in [1.29, 1.82) is 0 Å². The monoisotopic (exact) mass is 436 g/mol. The van der Waals surface area contributed by atoms with Crippen LogP contribution in [0.15, 0.2) is 23.2 Å². The zero-order valence-electron chi connectivity index (χ0n) is 14.0. The Kier molecular flexibility index (Phi) is 10.1. The lowest BCUT2D eigenvalue weighted by atomic mass is 10.2. The molecule has 0 aliphatic carbocycles. The molecule has 0 spiro atoms. The first-order chi connectivity index (χ1) is 10.5. The van der Waals surface area contributed by atoms with Gasteiger partial charge in [0.2, 0.25) is 5.91 Å². The van der Waals surface area contributed by atoms with Crippen LogP contribution in [0.2, 0.25) is 0 Å². The van der Waals surface area contributed by atoms with Crippen molar-refractivity contribution in [3.8, 4) is 11.5 Å². The Morgan fingerprint density at radius 2 is 1.91 bits per heavy atom. The van der Waals surface area contributed by atoms with Crippen molar-refractivity contribution >= 4 is 35.8 Å². The Labute approximate surface area is 154 Å². The van der Waals surface area contributed by atoms with Gasteiger partial charge in [0.05, 0.1) is 20.8 Å². The van der Waals surface area contributed by atoms with Crippen molar-refractivity contribution in [2.75, 3.05) is 34.9 Å². The van der Waals surface area contributed by atoms with Gasteiger partial charge < -0.3 is 25.4 Å². The summed E-state index contributed by atoms with van der Waals surface area (Å²) in [4.78, 5) is 17.2. The predicted octanol–water partition coefficient (Wildman–Crippen LogP) is 1.20. The molecule has 23 heavy (non-hydrogen) atoms. The standard InChI is InChI=1S/C15H24N4O3.HI/c1-19(2)14(20)7-8-17-15(16)18-10-11-5-6-12(21-3)13(9-11)22-4;/h5-6,9H,7-8,10H2,1-4H3,(H3,16,17,18);1H. The smallest absolute Gasteiger partial charge is 0.223 e. The van der Waals surface area contributed by atoms with Gasteiger partial charge in [-0.15, -0.1) is 24.0 Å². The van der Waals surface area contributed by atoms with Crippen molar-refractivity contribution in [3.63, 3.8) is 0 Å². The van der Waals surface area contributed by atoms with Crippen LogP contribution in [0.25, 0.3) is 0 Å². The van der Waals surface area contributed by atoms with Gasteiger partial charge in [-0.05, 0) is 17.7 Å². The summed E-state index contributed by atoms with van der Waals surface area (Å²) >= 11 is 0. The van der Waals surface area contributed by atoms with Crippen molar-refractivity contribution in [1.82, 2.24) is 10.2 Å². The number of aliphatic imine (C=N–C) groups is 1. The molecular weight excluding hydrogens is 411 g/mol. The van der Waals surface area contributed by atoms with E-state index in [9.17, 15) is 4.79 Å². The maximum Gasteiger partial charge on any atom is 0.223 e. The molecule has 0 saturated heterocycles. The van der Waals surface area contributed by atoms with Crippen LogP contribution < -0.4 is 20.5 Å². The van der Waals surface area contributed by atoms with Gasteiger partial charge in [0, 0.05) is 27.1 Å². The highest BCUT2D eigenvalue weighted by Crippen LogP contribution is 2.27. The lowest BCUT2D eigenvalue weighted by Gasteiger charge is -2.11. The molecule has 7 nitrogen and oxygen atoms in total. The maximum atomic E-state index is 11.4. The minimum absolute atomic E-state index is 0. The maximum absolute atomic E-state index is 11.4. The van der Waals surface area contributed by atoms with Gasteiger partial charge >= 0.3 is 0 Å². The molecule has 0 bridgehead atoms. The summed E-state index contributed by atoms with van der Waals surface area (Å²) in [5.74, 6) is 1.67. The Morgan fingerprint density at radius 3 is 2.48 bits per heavy atom. The first-order valence-corrected chi connectivity index (χ1v) is 6.92. The van der Waals surface area contributed by atoms with E-state index < -0.39 is 0 Å². The normalized spacial score (nSPS) is 10.5. The van der Waals surface area contributed by atoms with Crippen molar-refractivity contribution in [2.24, 2.45) is 10.7 Å². The second-order valence-corrected chi connectivity index (χ2v) is 4.86.